The number of aliphatic carboxylic acids is 2. The lowest BCUT2D eigenvalue weighted by Gasteiger charge is -2.50. The molecule has 54 heavy (non-hydrogen) atoms. The van der Waals surface area contributed by atoms with Crippen molar-refractivity contribution < 1.29 is 48.6 Å². The van der Waals surface area contributed by atoms with Gasteiger partial charge in [-0.05, 0) is 26.0 Å². The lowest BCUT2D eigenvalue weighted by atomic mass is 10.0. The van der Waals surface area contributed by atoms with Crippen LogP contribution in [0.4, 0.5) is 5.13 Å². The number of nitrogens with two attached hydrogens (primary N) is 1. The zero-order chi connectivity index (χ0) is 39.1. The van der Waals surface area contributed by atoms with Crippen LogP contribution in [-0.4, -0.2) is 125 Å². The predicted molar refractivity (Wildman–Crippen MR) is 198 cm³/mol. The number of hydrogen-bond donors (Lipinski definition) is 6. The number of pyridine rings is 1. The number of amides is 3. The van der Waals surface area contributed by atoms with Gasteiger partial charge >= 0.3 is 11.9 Å². The van der Waals surface area contributed by atoms with Gasteiger partial charge < -0.3 is 45.6 Å². The number of quaternary nitrogens is 1. The van der Waals surface area contributed by atoms with E-state index in [0.717, 1.165) is 37.3 Å². The summed E-state index contributed by atoms with van der Waals surface area (Å²) in [5.74, 6) is -4.70. The zero-order valence-corrected chi connectivity index (χ0v) is 31.2. The molecule has 0 saturated carbocycles. The molecule has 3 aliphatic rings. The van der Waals surface area contributed by atoms with E-state index in [-0.39, 0.29) is 39.8 Å². The number of nitrogens with one attached hydrogen (secondary N) is 2. The Kier molecular flexibility index (Phi) is 10.4. The van der Waals surface area contributed by atoms with E-state index in [1.54, 1.807) is 25.2 Å². The fourth-order valence-corrected chi connectivity index (χ4v) is 8.81. The summed E-state index contributed by atoms with van der Waals surface area (Å²) in [6, 6.07) is 3.61. The Morgan fingerprint density at radius 1 is 1.17 bits per heavy atom. The summed E-state index contributed by atoms with van der Waals surface area (Å²) >= 11 is 2.32. The van der Waals surface area contributed by atoms with Crippen LogP contribution in [-0.2, 0) is 31.1 Å². The molecule has 0 aliphatic carbocycles. The number of benzene rings is 1. The van der Waals surface area contributed by atoms with Crippen LogP contribution in [0.25, 0.3) is 10.9 Å². The van der Waals surface area contributed by atoms with E-state index in [4.69, 9.17) is 10.6 Å². The number of fused-ring (bicyclic) bond motifs is 2. The van der Waals surface area contributed by atoms with Crippen LogP contribution in [0.1, 0.15) is 42.7 Å². The molecule has 286 valence electrons. The first-order valence-corrected chi connectivity index (χ1v) is 18.8. The predicted octanol–water partition coefficient (Wildman–Crippen LogP) is 0.646. The van der Waals surface area contributed by atoms with E-state index < -0.39 is 63.6 Å². The van der Waals surface area contributed by atoms with E-state index in [9.17, 15) is 44.1 Å². The topological polar surface area (TPSA) is 256 Å². The molecule has 1 aromatic carbocycles. The van der Waals surface area contributed by atoms with Crippen molar-refractivity contribution in [2.24, 2.45) is 12.2 Å². The Labute approximate surface area is 315 Å². The number of thioether (sulfide) groups is 1. The van der Waals surface area contributed by atoms with Gasteiger partial charge in [0.2, 0.25) is 11.0 Å². The normalized spacial score (nSPS) is 19.6. The van der Waals surface area contributed by atoms with Crippen molar-refractivity contribution in [2.45, 2.75) is 43.7 Å². The van der Waals surface area contributed by atoms with Gasteiger partial charge in [0.25, 0.3) is 17.7 Å². The van der Waals surface area contributed by atoms with Crippen molar-refractivity contribution >= 4 is 74.5 Å². The Morgan fingerprint density at radius 2 is 1.89 bits per heavy atom. The van der Waals surface area contributed by atoms with Crippen LogP contribution in [0.3, 0.4) is 0 Å². The highest BCUT2D eigenvalue weighted by Crippen LogP contribution is 2.41. The molecule has 0 bridgehead atoms. The van der Waals surface area contributed by atoms with Crippen molar-refractivity contribution in [3.05, 3.63) is 62.5 Å². The number of aryl methyl sites for hydroxylation is 1. The van der Waals surface area contributed by atoms with Gasteiger partial charge in [-0.2, -0.15) is 0 Å². The molecule has 0 spiro atoms. The van der Waals surface area contributed by atoms with Gasteiger partial charge in [-0.15, -0.1) is 23.1 Å². The number of carbonyl (C=O) groups excluding carboxylic acids is 3. The number of para-hydroxylation sites is 1. The molecular weight excluding hydrogens is 745 g/mol. The maximum absolute atomic E-state index is 13.5. The number of β-lactam (4-membered cyclic amide) rings is 1. The van der Waals surface area contributed by atoms with Gasteiger partial charge in [0.1, 0.15) is 29.4 Å². The number of aromatic hydroxyl groups is 1. The van der Waals surface area contributed by atoms with Crippen molar-refractivity contribution in [1.29, 1.82) is 0 Å². The quantitative estimate of drug-likeness (QED) is 0.0603. The molecule has 3 aliphatic heterocycles. The fourth-order valence-electron chi connectivity index (χ4n) is 6.92. The van der Waals surface area contributed by atoms with Gasteiger partial charge in [-0.1, -0.05) is 11.2 Å². The number of carbonyl (C=O) groups is 5. The maximum atomic E-state index is 13.5. The Balaban J connectivity index is 1.16. The zero-order valence-electron chi connectivity index (χ0n) is 29.5. The molecule has 2 aromatic heterocycles. The van der Waals surface area contributed by atoms with Crippen LogP contribution in [0, 0.1) is 0 Å². The summed E-state index contributed by atoms with van der Waals surface area (Å²) in [7, 11) is 1.63. The van der Waals surface area contributed by atoms with E-state index in [1.807, 2.05) is 0 Å². The highest BCUT2D eigenvalue weighted by molar-refractivity contribution is 8.00. The lowest BCUT2D eigenvalue weighted by molar-refractivity contribution is -0.911. The van der Waals surface area contributed by atoms with Crippen LogP contribution in [0.15, 0.2) is 51.0 Å². The minimum atomic E-state index is -1.79. The van der Waals surface area contributed by atoms with Crippen LogP contribution in [0.5, 0.6) is 5.75 Å². The first kappa shape index (κ1) is 38.3. The van der Waals surface area contributed by atoms with Gasteiger partial charge in [0, 0.05) is 36.6 Å². The van der Waals surface area contributed by atoms with E-state index in [1.165, 1.54) is 46.7 Å². The Hall–Kier alpha value is -5.47. The minimum absolute atomic E-state index is 0.00310. The number of aromatic nitrogens is 2. The second-order valence-corrected chi connectivity index (χ2v) is 15.8. The summed E-state index contributed by atoms with van der Waals surface area (Å²) < 4.78 is 2.02. The van der Waals surface area contributed by atoms with Gasteiger partial charge in [-0.3, -0.25) is 24.1 Å². The van der Waals surface area contributed by atoms with Gasteiger partial charge in [-0.25, -0.2) is 14.6 Å². The third kappa shape index (κ3) is 7.23. The molecule has 0 unspecified atom stereocenters. The van der Waals surface area contributed by atoms with E-state index in [2.05, 4.69) is 20.8 Å². The van der Waals surface area contributed by atoms with Crippen molar-refractivity contribution in [3.8, 4) is 5.75 Å². The standard InChI is InChI=1S/C34H38N8O10S2/c1-34(2,32(50)51)52-39-22(20-16-54-33(35)37-20)28(46)38-23-29(47)41-24(31(48)49)17(15-53-30(23)41)14-42(10-4-5-11-42)12-9-36-27(45)19-8-6-7-18-25(19)40(3)13-21(43)26(18)44/h6-8,13,16,23,30H,4-5,9-12,14-15H2,1-3H3,(H6-,35,36,37,38,43,45,46,48,49,50,51)/p+1/t23-,30-/m1/s1. The number of anilines is 1. The number of oxime groups is 1. The largest absolute Gasteiger partial charge is 0.503 e. The summed E-state index contributed by atoms with van der Waals surface area (Å²) in [4.78, 5) is 87.5. The summed E-state index contributed by atoms with van der Waals surface area (Å²) in [6.07, 6.45) is 3.05. The molecule has 0 radical (unpaired) electrons. The number of carboxylic acids is 2. The Bertz CT molecular complexity index is 2190. The van der Waals surface area contributed by atoms with Crippen molar-refractivity contribution in [3.63, 3.8) is 0 Å². The molecule has 6 rings (SSSR count). The number of nitrogen functional groups attached to an aromatic ring is 1. The monoisotopic (exact) mass is 783 g/mol. The number of thiazole rings is 1. The van der Waals surface area contributed by atoms with Crippen molar-refractivity contribution in [1.82, 2.24) is 25.1 Å². The average Bonchev–Trinajstić information content (AvgIpc) is 3.77. The molecule has 3 amide bonds. The first-order valence-electron chi connectivity index (χ1n) is 16.9. The highest BCUT2D eigenvalue weighted by atomic mass is 32.2. The van der Waals surface area contributed by atoms with Gasteiger partial charge in [0.15, 0.2) is 16.6 Å². The third-order valence-electron chi connectivity index (χ3n) is 9.74. The molecule has 2 saturated heterocycles. The molecule has 5 heterocycles. The summed E-state index contributed by atoms with van der Waals surface area (Å²) in [5, 5.41) is 40.1. The fraction of sp³-hybridized carbons (Fsp3) is 0.412. The van der Waals surface area contributed by atoms with E-state index >= 15 is 0 Å². The second-order valence-electron chi connectivity index (χ2n) is 13.8. The summed E-state index contributed by atoms with van der Waals surface area (Å²) in [5.41, 5.74) is 4.04. The van der Waals surface area contributed by atoms with Gasteiger partial charge in [0.05, 0.1) is 48.8 Å². The van der Waals surface area contributed by atoms with Crippen molar-refractivity contribution in [2.75, 3.05) is 44.2 Å². The maximum Gasteiger partial charge on any atom is 0.352 e. The molecule has 7 N–H and O–H groups in total. The average molecular weight is 784 g/mol. The minimum Gasteiger partial charge on any atom is -0.503 e. The number of hydrogen-bond acceptors (Lipinski definition) is 13. The van der Waals surface area contributed by atoms with E-state index in [0.29, 0.717) is 28.7 Å². The Morgan fingerprint density at radius 3 is 2.54 bits per heavy atom. The molecule has 18 nitrogen and oxygen atoms in total. The SMILES string of the molecule is Cn1cc(O)c(=O)c2cccc(C(=O)NCC[N+]3(CC4=C(C(=O)O)N5C(=O)[C@@H](NC(=O)C(=NOC(C)(C)C(=O)O)c6csc(N)n6)[C@H]5SC4)CCCC3)c21. The molecular formula is C34H39N8O10S2+. The molecule has 3 aromatic rings. The lowest BCUT2D eigenvalue weighted by Crippen LogP contribution is -2.71. The number of nitrogens with zero attached hydrogens (tertiary/aromatic N) is 5. The number of rotatable bonds is 13. The van der Waals surface area contributed by atoms with Crippen LogP contribution >= 0.6 is 23.1 Å². The van der Waals surface area contributed by atoms with Crippen LogP contribution in [0.2, 0.25) is 0 Å². The number of likely N-dealkylation sites (tertiary alicyclic amines) is 1. The highest BCUT2D eigenvalue weighted by Gasteiger charge is 2.55. The smallest absolute Gasteiger partial charge is 0.352 e. The number of carboxylic acid groups (broad SMARTS) is 2. The first-order chi connectivity index (χ1) is 25.5. The third-order valence-corrected chi connectivity index (χ3v) is 11.7. The molecule has 20 heteroatoms. The molecule has 2 fully saturated rings. The van der Waals surface area contributed by atoms with Crippen LogP contribution < -0.4 is 21.8 Å². The molecule has 2 atom stereocenters. The summed E-state index contributed by atoms with van der Waals surface area (Å²) in [6.45, 7) is 5.02. The second kappa shape index (κ2) is 14.7.